The van der Waals surface area contributed by atoms with Crippen LogP contribution < -0.4 is 10.1 Å². The zero-order valence-corrected chi connectivity index (χ0v) is 16.3. The molecular weight excluding hydrogens is 415 g/mol. The molecule has 1 aliphatic heterocycles. The van der Waals surface area contributed by atoms with E-state index in [-0.39, 0.29) is 37.2 Å². The second kappa shape index (κ2) is 8.66. The Labute approximate surface area is 174 Å². The monoisotopic (exact) mass is 435 g/mol. The Hall–Kier alpha value is -3.57. The summed E-state index contributed by atoms with van der Waals surface area (Å²) >= 11 is 0. The number of amides is 1. The molecule has 3 aromatic heterocycles. The fraction of sp³-hybridized carbons (Fsp3) is 0.368. The topological polar surface area (TPSA) is 101 Å². The number of rotatable bonds is 7. The summed E-state index contributed by atoms with van der Waals surface area (Å²) in [6, 6.07) is 1.69. The van der Waals surface area contributed by atoms with Gasteiger partial charge in [-0.25, -0.2) is 13.2 Å². The van der Waals surface area contributed by atoms with Gasteiger partial charge in [0.05, 0.1) is 23.8 Å². The summed E-state index contributed by atoms with van der Waals surface area (Å²) < 4.78 is 46.5. The average molecular weight is 435 g/mol. The summed E-state index contributed by atoms with van der Waals surface area (Å²) in [6.45, 7) is 3.27. The highest BCUT2D eigenvalue weighted by molar-refractivity contribution is 5.87. The predicted molar refractivity (Wildman–Crippen MR) is 106 cm³/mol. The van der Waals surface area contributed by atoms with E-state index in [4.69, 9.17) is 4.74 Å². The lowest BCUT2D eigenvalue weighted by Gasteiger charge is -2.34. The molecule has 0 bridgehead atoms. The molecule has 4 heterocycles. The van der Waals surface area contributed by atoms with Crippen LogP contribution in [0.3, 0.4) is 0 Å². The highest BCUT2D eigenvalue weighted by atomic mass is 19.3. The quantitative estimate of drug-likeness (QED) is 0.554. The molecule has 1 aliphatic rings. The highest BCUT2D eigenvalue weighted by Gasteiger charge is 2.33. The molecule has 1 amide bonds. The molecule has 2 N–H and O–H groups in total. The largest absolute Gasteiger partial charge is 0.469 e. The van der Waals surface area contributed by atoms with Crippen LogP contribution in [0.15, 0.2) is 37.3 Å². The number of alkyl halides is 3. The number of nitrogens with one attached hydrogen (secondary N) is 2. The lowest BCUT2D eigenvalue weighted by molar-refractivity contribution is -0.130. The van der Waals surface area contributed by atoms with E-state index in [0.717, 1.165) is 4.68 Å². The smallest absolute Gasteiger partial charge is 0.257 e. The molecule has 2 atom stereocenters. The zero-order chi connectivity index (χ0) is 22.0. The van der Waals surface area contributed by atoms with Crippen molar-refractivity contribution in [3.05, 3.63) is 37.3 Å². The van der Waals surface area contributed by atoms with Gasteiger partial charge in [-0.15, -0.1) is 0 Å². The Balaban J connectivity index is 1.56. The third-order valence-corrected chi connectivity index (χ3v) is 4.82. The van der Waals surface area contributed by atoms with Crippen molar-refractivity contribution < 1.29 is 22.7 Å². The summed E-state index contributed by atoms with van der Waals surface area (Å²) in [5.74, 6) is -0.0424. The number of halogens is 3. The van der Waals surface area contributed by atoms with Crippen molar-refractivity contribution in [3.63, 3.8) is 0 Å². The van der Waals surface area contributed by atoms with Crippen molar-refractivity contribution in [1.29, 1.82) is 0 Å². The van der Waals surface area contributed by atoms with E-state index in [1.54, 1.807) is 12.3 Å². The fourth-order valence-corrected chi connectivity index (χ4v) is 3.33. The number of ether oxygens (including phenoxy) is 1. The molecule has 3 aromatic rings. The number of anilines is 2. The van der Waals surface area contributed by atoms with E-state index < -0.39 is 25.2 Å². The van der Waals surface area contributed by atoms with E-state index >= 15 is 0 Å². The van der Waals surface area contributed by atoms with Gasteiger partial charge in [-0.2, -0.15) is 15.1 Å². The van der Waals surface area contributed by atoms with Crippen molar-refractivity contribution in [1.82, 2.24) is 29.6 Å². The van der Waals surface area contributed by atoms with Crippen molar-refractivity contribution >= 4 is 28.6 Å². The third-order valence-electron chi connectivity index (χ3n) is 4.82. The molecule has 0 unspecified atom stereocenters. The minimum Gasteiger partial charge on any atom is -0.469 e. The first kappa shape index (κ1) is 20.7. The maximum absolute atomic E-state index is 14.5. The van der Waals surface area contributed by atoms with Gasteiger partial charge >= 0.3 is 0 Å². The summed E-state index contributed by atoms with van der Waals surface area (Å²) in [6.07, 6.45) is 0.999. The van der Waals surface area contributed by atoms with E-state index in [9.17, 15) is 18.0 Å². The van der Waals surface area contributed by atoms with Crippen LogP contribution in [-0.4, -0.2) is 67.3 Å². The molecule has 31 heavy (non-hydrogen) atoms. The lowest BCUT2D eigenvalue weighted by atomic mass is 10.1. The van der Waals surface area contributed by atoms with Crippen molar-refractivity contribution in [2.75, 3.05) is 18.4 Å². The molecule has 9 nitrogen and oxygen atoms in total. The number of carbonyl (C=O) groups is 1. The van der Waals surface area contributed by atoms with E-state index in [1.807, 2.05) is 0 Å². The van der Waals surface area contributed by atoms with Crippen LogP contribution >= 0.6 is 0 Å². The Morgan fingerprint density at radius 2 is 2.29 bits per heavy atom. The Morgan fingerprint density at radius 3 is 3.06 bits per heavy atom. The van der Waals surface area contributed by atoms with Crippen molar-refractivity contribution in [3.8, 4) is 5.88 Å². The number of aromatic amines is 1. The first-order valence-corrected chi connectivity index (χ1v) is 9.57. The lowest BCUT2D eigenvalue weighted by Crippen LogP contribution is -2.49. The second-order valence-corrected chi connectivity index (χ2v) is 7.01. The zero-order valence-electron chi connectivity index (χ0n) is 16.3. The number of H-pyrrole nitrogens is 1. The number of likely N-dealkylation sites (tertiary alicyclic amines) is 1. The van der Waals surface area contributed by atoms with Crippen LogP contribution in [0.2, 0.25) is 0 Å². The van der Waals surface area contributed by atoms with Crippen LogP contribution in [0, 0.1) is 0 Å². The summed E-state index contributed by atoms with van der Waals surface area (Å²) in [5.41, 5.74) is 0.846. The summed E-state index contributed by atoms with van der Waals surface area (Å²) in [7, 11) is 0. The summed E-state index contributed by atoms with van der Waals surface area (Å²) in [5, 5.41) is 7.27. The number of aromatic nitrogens is 5. The maximum Gasteiger partial charge on any atom is 0.257 e. The Kier molecular flexibility index (Phi) is 5.78. The third kappa shape index (κ3) is 4.62. The predicted octanol–water partition coefficient (Wildman–Crippen LogP) is 2.67. The molecule has 0 spiro atoms. The van der Waals surface area contributed by atoms with Gasteiger partial charge in [0.1, 0.15) is 24.5 Å². The molecule has 1 fully saturated rings. The van der Waals surface area contributed by atoms with Crippen LogP contribution in [-0.2, 0) is 11.3 Å². The van der Waals surface area contributed by atoms with Crippen LogP contribution in [0.1, 0.15) is 6.42 Å². The molecule has 1 saturated heterocycles. The number of carbonyl (C=O) groups excluding carboxylic acids is 1. The van der Waals surface area contributed by atoms with Gasteiger partial charge in [0.15, 0.2) is 0 Å². The first-order chi connectivity index (χ1) is 14.9. The SMILES string of the molecule is C=CC(=O)N1CC[C@@H](F)[C@H](Oc2nc(Nc3cnn(CC(F)F)c3)nc3[nH]ccc23)C1. The molecule has 4 rings (SSSR count). The van der Waals surface area contributed by atoms with E-state index in [1.165, 1.54) is 23.4 Å². The Morgan fingerprint density at radius 1 is 1.45 bits per heavy atom. The van der Waals surface area contributed by atoms with E-state index in [2.05, 4.69) is 31.9 Å². The number of fused-ring (bicyclic) bond motifs is 1. The van der Waals surface area contributed by atoms with Crippen molar-refractivity contribution in [2.24, 2.45) is 0 Å². The standard InChI is InChI=1S/C19H20F3N7O2/c1-2-16(30)28-6-4-13(20)14(9-28)31-18-12-3-5-23-17(12)26-19(27-18)25-11-7-24-29(8-11)10-15(21)22/h2-3,5,7-8,13-15H,1,4,6,9-10H2,(H2,23,25,26,27)/t13-,14-/m1/s1. The molecule has 164 valence electrons. The number of hydrogen-bond donors (Lipinski definition) is 2. The van der Waals surface area contributed by atoms with Crippen LogP contribution in [0.5, 0.6) is 5.88 Å². The van der Waals surface area contributed by atoms with Gasteiger partial charge < -0.3 is 19.9 Å². The fourth-order valence-electron chi connectivity index (χ4n) is 3.33. The molecule has 0 radical (unpaired) electrons. The number of piperidine rings is 1. The molecular formula is C19H20F3N7O2. The molecule has 0 aromatic carbocycles. The van der Waals surface area contributed by atoms with Crippen LogP contribution in [0.4, 0.5) is 24.8 Å². The second-order valence-electron chi connectivity index (χ2n) is 7.01. The van der Waals surface area contributed by atoms with Crippen molar-refractivity contribution in [2.45, 2.75) is 31.7 Å². The van der Waals surface area contributed by atoms with Crippen LogP contribution in [0.25, 0.3) is 11.0 Å². The van der Waals surface area contributed by atoms with Gasteiger partial charge in [0, 0.05) is 18.9 Å². The minimum atomic E-state index is -2.53. The Bertz CT molecular complexity index is 1080. The molecule has 0 saturated carbocycles. The maximum atomic E-state index is 14.5. The van der Waals surface area contributed by atoms with Gasteiger partial charge in [-0.3, -0.25) is 9.48 Å². The summed E-state index contributed by atoms with van der Waals surface area (Å²) in [4.78, 5) is 24.9. The average Bonchev–Trinajstić information content (AvgIpc) is 3.38. The number of hydrogen-bond acceptors (Lipinski definition) is 6. The highest BCUT2D eigenvalue weighted by Crippen LogP contribution is 2.28. The number of nitrogens with zero attached hydrogens (tertiary/aromatic N) is 5. The molecule has 0 aliphatic carbocycles. The van der Waals surface area contributed by atoms with Gasteiger partial charge in [0.2, 0.25) is 17.7 Å². The normalized spacial score (nSPS) is 19.0. The van der Waals surface area contributed by atoms with Gasteiger partial charge in [-0.05, 0) is 18.6 Å². The van der Waals surface area contributed by atoms with Gasteiger partial charge in [-0.1, -0.05) is 6.58 Å². The van der Waals surface area contributed by atoms with Gasteiger partial charge in [0.25, 0.3) is 6.43 Å². The van der Waals surface area contributed by atoms with E-state index in [0.29, 0.717) is 16.7 Å². The first-order valence-electron chi connectivity index (χ1n) is 9.57. The minimum absolute atomic E-state index is 0.0606. The molecule has 12 heteroatoms.